The number of piperidine rings is 1. The van der Waals surface area contributed by atoms with Gasteiger partial charge in [0.25, 0.3) is 0 Å². The Kier molecular flexibility index (Phi) is 4.35. The SMILES string of the molecule is CCOC1CC(CN)(N2CC(C)CC(C)C2C)C1. The van der Waals surface area contributed by atoms with Gasteiger partial charge in [-0.1, -0.05) is 13.8 Å². The molecule has 0 amide bonds. The second-order valence-electron chi connectivity index (χ2n) is 6.63. The van der Waals surface area contributed by atoms with Gasteiger partial charge in [0.15, 0.2) is 0 Å². The summed E-state index contributed by atoms with van der Waals surface area (Å²) in [4.78, 5) is 2.70. The van der Waals surface area contributed by atoms with Gasteiger partial charge in [0.2, 0.25) is 0 Å². The lowest BCUT2D eigenvalue weighted by molar-refractivity contribution is -0.131. The molecule has 1 heterocycles. The predicted octanol–water partition coefficient (Wildman–Crippen LogP) is 2.25. The van der Waals surface area contributed by atoms with Gasteiger partial charge < -0.3 is 10.5 Å². The van der Waals surface area contributed by atoms with Crippen molar-refractivity contribution in [3.8, 4) is 0 Å². The molecular formula is C15H30N2O. The second kappa shape index (κ2) is 5.48. The van der Waals surface area contributed by atoms with E-state index in [4.69, 9.17) is 10.5 Å². The van der Waals surface area contributed by atoms with Crippen LogP contribution in [0.3, 0.4) is 0 Å². The van der Waals surface area contributed by atoms with E-state index in [1.807, 2.05) is 0 Å². The standard InChI is InChI=1S/C15H30N2O/c1-5-18-14-7-15(8-14,10-16)17-9-11(2)6-12(3)13(17)4/h11-14H,5-10,16H2,1-4H3. The van der Waals surface area contributed by atoms with Gasteiger partial charge in [0.1, 0.15) is 0 Å². The third kappa shape index (κ3) is 2.45. The van der Waals surface area contributed by atoms with Crippen LogP contribution < -0.4 is 5.73 Å². The summed E-state index contributed by atoms with van der Waals surface area (Å²) in [5.41, 5.74) is 6.34. The van der Waals surface area contributed by atoms with E-state index in [2.05, 4.69) is 32.6 Å². The maximum absolute atomic E-state index is 6.11. The van der Waals surface area contributed by atoms with Crippen molar-refractivity contribution in [2.45, 2.75) is 64.6 Å². The summed E-state index contributed by atoms with van der Waals surface area (Å²) < 4.78 is 5.73. The Bertz CT molecular complexity index is 276. The molecule has 0 aromatic rings. The Morgan fingerprint density at radius 1 is 1.28 bits per heavy atom. The van der Waals surface area contributed by atoms with Gasteiger partial charge in [-0.05, 0) is 44.9 Å². The largest absolute Gasteiger partial charge is 0.378 e. The highest BCUT2D eigenvalue weighted by molar-refractivity contribution is 5.07. The number of ether oxygens (including phenoxy) is 1. The zero-order valence-corrected chi connectivity index (χ0v) is 12.5. The van der Waals surface area contributed by atoms with Crippen molar-refractivity contribution in [3.63, 3.8) is 0 Å². The molecule has 1 aliphatic carbocycles. The highest BCUT2D eigenvalue weighted by Gasteiger charge is 2.51. The first kappa shape index (κ1) is 14.3. The molecule has 2 fully saturated rings. The van der Waals surface area contributed by atoms with Crippen molar-refractivity contribution in [3.05, 3.63) is 0 Å². The average molecular weight is 254 g/mol. The monoisotopic (exact) mass is 254 g/mol. The maximum atomic E-state index is 6.11. The van der Waals surface area contributed by atoms with Crippen molar-refractivity contribution in [1.29, 1.82) is 0 Å². The summed E-state index contributed by atoms with van der Waals surface area (Å²) in [7, 11) is 0. The molecule has 3 unspecified atom stereocenters. The molecule has 0 aromatic heterocycles. The molecule has 3 heteroatoms. The summed E-state index contributed by atoms with van der Waals surface area (Å²) in [6.07, 6.45) is 4.05. The van der Waals surface area contributed by atoms with E-state index >= 15 is 0 Å². The van der Waals surface area contributed by atoms with Gasteiger partial charge >= 0.3 is 0 Å². The van der Waals surface area contributed by atoms with Crippen LogP contribution >= 0.6 is 0 Å². The smallest absolute Gasteiger partial charge is 0.0611 e. The molecule has 3 atom stereocenters. The number of hydrogen-bond acceptors (Lipinski definition) is 3. The molecule has 0 bridgehead atoms. The van der Waals surface area contributed by atoms with Crippen LogP contribution in [-0.2, 0) is 4.74 Å². The van der Waals surface area contributed by atoms with E-state index in [1.165, 1.54) is 13.0 Å². The Morgan fingerprint density at radius 2 is 1.94 bits per heavy atom. The van der Waals surface area contributed by atoms with Crippen LogP contribution in [0.15, 0.2) is 0 Å². The van der Waals surface area contributed by atoms with E-state index in [0.29, 0.717) is 12.1 Å². The van der Waals surface area contributed by atoms with Crippen LogP contribution in [0.1, 0.15) is 47.0 Å². The minimum absolute atomic E-state index is 0.224. The third-order valence-electron chi connectivity index (χ3n) is 5.20. The van der Waals surface area contributed by atoms with Crippen LogP contribution in [0.4, 0.5) is 0 Å². The molecule has 2 rings (SSSR count). The molecule has 3 nitrogen and oxygen atoms in total. The van der Waals surface area contributed by atoms with Crippen molar-refractivity contribution in [1.82, 2.24) is 4.90 Å². The molecule has 1 saturated carbocycles. The summed E-state index contributed by atoms with van der Waals surface area (Å²) >= 11 is 0. The van der Waals surface area contributed by atoms with E-state index in [9.17, 15) is 0 Å². The first-order valence-electron chi connectivity index (χ1n) is 7.61. The topological polar surface area (TPSA) is 38.5 Å². The normalized spacial score (nSPS) is 45.8. The Labute approximate surface area is 112 Å². The lowest BCUT2D eigenvalue weighted by Gasteiger charge is -2.59. The van der Waals surface area contributed by atoms with E-state index in [-0.39, 0.29) is 5.54 Å². The predicted molar refractivity (Wildman–Crippen MR) is 75.5 cm³/mol. The number of hydrogen-bond donors (Lipinski definition) is 1. The number of rotatable bonds is 4. The van der Waals surface area contributed by atoms with Crippen molar-refractivity contribution >= 4 is 0 Å². The number of nitrogens with two attached hydrogens (primary N) is 1. The Morgan fingerprint density at radius 3 is 2.50 bits per heavy atom. The van der Waals surface area contributed by atoms with E-state index in [1.54, 1.807) is 0 Å². The minimum atomic E-state index is 0.224. The van der Waals surface area contributed by atoms with E-state index in [0.717, 1.165) is 37.8 Å². The van der Waals surface area contributed by atoms with Crippen LogP contribution in [0.2, 0.25) is 0 Å². The molecule has 2 aliphatic rings. The fraction of sp³-hybridized carbons (Fsp3) is 1.00. The average Bonchev–Trinajstić information content (AvgIpc) is 2.28. The van der Waals surface area contributed by atoms with Crippen molar-refractivity contribution < 1.29 is 4.74 Å². The number of likely N-dealkylation sites (tertiary alicyclic amines) is 1. The lowest BCUT2D eigenvalue weighted by Crippen LogP contribution is -2.68. The summed E-state index contributed by atoms with van der Waals surface area (Å²) in [5.74, 6) is 1.58. The molecule has 106 valence electrons. The van der Waals surface area contributed by atoms with Gasteiger partial charge in [0, 0.05) is 31.3 Å². The molecule has 1 aliphatic heterocycles. The van der Waals surface area contributed by atoms with Gasteiger partial charge in [-0.3, -0.25) is 4.90 Å². The van der Waals surface area contributed by atoms with Crippen molar-refractivity contribution in [2.24, 2.45) is 17.6 Å². The fourth-order valence-electron chi connectivity index (χ4n) is 4.00. The van der Waals surface area contributed by atoms with Crippen molar-refractivity contribution in [2.75, 3.05) is 19.7 Å². The summed E-state index contributed by atoms with van der Waals surface area (Å²) in [5, 5.41) is 0. The Balaban J connectivity index is 2.04. The third-order valence-corrected chi connectivity index (χ3v) is 5.20. The molecule has 2 N–H and O–H groups in total. The molecule has 0 aromatic carbocycles. The summed E-state index contributed by atoms with van der Waals surface area (Å²) in [6.45, 7) is 12.0. The first-order chi connectivity index (χ1) is 8.52. The molecule has 18 heavy (non-hydrogen) atoms. The summed E-state index contributed by atoms with van der Waals surface area (Å²) in [6, 6.07) is 0.660. The molecule has 1 saturated heterocycles. The lowest BCUT2D eigenvalue weighted by atomic mass is 9.69. The maximum Gasteiger partial charge on any atom is 0.0611 e. The molecule has 0 spiro atoms. The fourth-order valence-corrected chi connectivity index (χ4v) is 4.00. The van der Waals surface area contributed by atoms with Gasteiger partial charge in [-0.15, -0.1) is 0 Å². The zero-order valence-electron chi connectivity index (χ0n) is 12.5. The molecular weight excluding hydrogens is 224 g/mol. The van der Waals surface area contributed by atoms with Crippen LogP contribution in [0.25, 0.3) is 0 Å². The van der Waals surface area contributed by atoms with Gasteiger partial charge in [0.05, 0.1) is 6.10 Å². The number of nitrogens with zero attached hydrogens (tertiary/aromatic N) is 1. The molecule has 0 radical (unpaired) electrons. The highest BCUT2D eigenvalue weighted by atomic mass is 16.5. The zero-order chi connectivity index (χ0) is 13.3. The minimum Gasteiger partial charge on any atom is -0.378 e. The second-order valence-corrected chi connectivity index (χ2v) is 6.63. The van der Waals surface area contributed by atoms with E-state index < -0.39 is 0 Å². The van der Waals surface area contributed by atoms with Crippen LogP contribution in [-0.4, -0.2) is 42.3 Å². The van der Waals surface area contributed by atoms with Gasteiger partial charge in [-0.2, -0.15) is 0 Å². The van der Waals surface area contributed by atoms with Crippen LogP contribution in [0, 0.1) is 11.8 Å². The quantitative estimate of drug-likeness (QED) is 0.836. The Hall–Kier alpha value is -0.120. The van der Waals surface area contributed by atoms with Crippen LogP contribution in [0.5, 0.6) is 0 Å². The highest BCUT2D eigenvalue weighted by Crippen LogP contribution is 2.44. The van der Waals surface area contributed by atoms with Gasteiger partial charge in [-0.25, -0.2) is 0 Å². The first-order valence-corrected chi connectivity index (χ1v) is 7.61.